The van der Waals surface area contributed by atoms with Crippen molar-refractivity contribution in [3.8, 4) is 10.4 Å². The highest BCUT2D eigenvalue weighted by molar-refractivity contribution is 7.13. The Bertz CT molecular complexity index is 959. The van der Waals surface area contributed by atoms with Crippen LogP contribution in [-0.2, 0) is 4.79 Å². The molecule has 5 heteroatoms. The summed E-state index contributed by atoms with van der Waals surface area (Å²) >= 11 is 1.75. The molecule has 140 valence electrons. The van der Waals surface area contributed by atoms with E-state index >= 15 is 0 Å². The summed E-state index contributed by atoms with van der Waals surface area (Å²) in [6, 6.07) is 10.5. The van der Waals surface area contributed by atoms with Crippen LogP contribution in [0.1, 0.15) is 31.7 Å². The van der Waals surface area contributed by atoms with Crippen LogP contribution < -0.4 is 5.32 Å². The van der Waals surface area contributed by atoms with Crippen molar-refractivity contribution in [2.45, 2.75) is 39.2 Å². The van der Waals surface area contributed by atoms with Crippen LogP contribution in [0.3, 0.4) is 0 Å². The normalized spacial score (nSPS) is 16.4. The third-order valence-corrected chi connectivity index (χ3v) is 6.40. The number of aryl methyl sites for hydroxylation is 1. The number of likely N-dealkylation sites (tertiary alicyclic amines) is 1. The van der Waals surface area contributed by atoms with Gasteiger partial charge in [-0.2, -0.15) is 0 Å². The summed E-state index contributed by atoms with van der Waals surface area (Å²) in [5.41, 5.74) is 2.48. The van der Waals surface area contributed by atoms with Gasteiger partial charge in [0.05, 0.1) is 6.04 Å². The number of nitrogens with zero attached hydrogens (tertiary/aromatic N) is 2. The van der Waals surface area contributed by atoms with Gasteiger partial charge in [0.2, 0.25) is 5.91 Å². The van der Waals surface area contributed by atoms with E-state index in [1.807, 2.05) is 19.2 Å². The highest BCUT2D eigenvalue weighted by Gasteiger charge is 2.23. The van der Waals surface area contributed by atoms with E-state index in [9.17, 15) is 4.79 Å². The highest BCUT2D eigenvalue weighted by atomic mass is 32.1. The molecule has 1 aromatic carbocycles. The van der Waals surface area contributed by atoms with Crippen molar-refractivity contribution < 1.29 is 4.79 Å². The van der Waals surface area contributed by atoms with Gasteiger partial charge in [-0.15, -0.1) is 11.3 Å². The molecule has 2 aromatic heterocycles. The van der Waals surface area contributed by atoms with Crippen LogP contribution >= 0.6 is 11.3 Å². The number of hydrogen-bond donors (Lipinski definition) is 1. The lowest BCUT2D eigenvalue weighted by Crippen LogP contribution is -2.44. The minimum absolute atomic E-state index is 0.0220. The van der Waals surface area contributed by atoms with Crippen molar-refractivity contribution in [1.29, 1.82) is 0 Å². The van der Waals surface area contributed by atoms with Crippen molar-refractivity contribution in [2.75, 3.05) is 18.4 Å². The lowest BCUT2D eigenvalue weighted by atomic mass is 10.1. The average Bonchev–Trinajstić information content (AvgIpc) is 3.14. The lowest BCUT2D eigenvalue weighted by molar-refractivity contribution is -0.121. The minimum atomic E-state index is -0.122. The second-order valence-corrected chi connectivity index (χ2v) is 8.29. The number of nitrogens with one attached hydrogen (secondary N) is 1. The molecule has 1 N–H and O–H groups in total. The number of thiophene rings is 1. The maximum absolute atomic E-state index is 12.6. The van der Waals surface area contributed by atoms with Crippen LogP contribution in [0.5, 0.6) is 0 Å². The molecule has 4 rings (SSSR count). The van der Waals surface area contributed by atoms with Gasteiger partial charge in [-0.05, 0) is 79.9 Å². The fourth-order valence-electron chi connectivity index (χ4n) is 3.65. The molecule has 0 saturated carbocycles. The zero-order valence-corrected chi connectivity index (χ0v) is 16.7. The molecule has 0 spiro atoms. The number of amides is 1. The molecule has 3 aromatic rings. The molecule has 1 aliphatic heterocycles. The SMILES string of the molecule is Cc1csc(-c2ccc3cnc(NC(=O)C(C)N4CCCCC4)cc3c2)c1. The van der Waals surface area contributed by atoms with E-state index in [1.54, 1.807) is 11.3 Å². The largest absolute Gasteiger partial charge is 0.309 e. The molecule has 0 aliphatic carbocycles. The van der Waals surface area contributed by atoms with E-state index in [0.29, 0.717) is 5.82 Å². The second kappa shape index (κ2) is 7.79. The standard InChI is InChI=1S/C22H25N3OS/c1-15-10-20(27-14-15)17-6-7-18-13-23-21(12-19(18)11-17)24-22(26)16(2)25-8-4-3-5-9-25/h6-7,10-14,16H,3-5,8-9H2,1-2H3,(H,23,24,26). The van der Waals surface area contributed by atoms with Crippen molar-refractivity contribution in [3.63, 3.8) is 0 Å². The number of carbonyl (C=O) groups is 1. The number of aromatic nitrogens is 1. The van der Waals surface area contributed by atoms with Gasteiger partial charge in [0.15, 0.2) is 0 Å². The zero-order chi connectivity index (χ0) is 18.8. The van der Waals surface area contributed by atoms with Crippen LogP contribution in [0, 0.1) is 6.92 Å². The quantitative estimate of drug-likeness (QED) is 0.687. The van der Waals surface area contributed by atoms with Crippen molar-refractivity contribution in [3.05, 3.63) is 47.5 Å². The predicted octanol–water partition coefficient (Wildman–Crippen LogP) is 5.08. The molecular weight excluding hydrogens is 354 g/mol. The van der Waals surface area contributed by atoms with Crippen LogP contribution in [0.2, 0.25) is 0 Å². The Balaban J connectivity index is 1.54. The fraction of sp³-hybridized carbons (Fsp3) is 0.364. The number of piperidine rings is 1. The summed E-state index contributed by atoms with van der Waals surface area (Å²) in [6.07, 6.45) is 5.46. The van der Waals surface area contributed by atoms with Crippen LogP contribution in [0.15, 0.2) is 41.9 Å². The summed E-state index contributed by atoms with van der Waals surface area (Å²) in [4.78, 5) is 20.6. The first-order valence-electron chi connectivity index (χ1n) is 9.60. The Morgan fingerprint density at radius 2 is 1.96 bits per heavy atom. The van der Waals surface area contributed by atoms with Gasteiger partial charge in [-0.25, -0.2) is 4.98 Å². The Morgan fingerprint density at radius 1 is 1.15 bits per heavy atom. The van der Waals surface area contributed by atoms with Gasteiger partial charge in [0.1, 0.15) is 5.82 Å². The maximum atomic E-state index is 12.6. The summed E-state index contributed by atoms with van der Waals surface area (Å²) in [5.74, 6) is 0.643. The van der Waals surface area contributed by atoms with Gasteiger partial charge in [-0.1, -0.05) is 18.6 Å². The molecule has 0 radical (unpaired) electrons. The number of anilines is 1. The first-order chi connectivity index (χ1) is 13.1. The van der Waals surface area contributed by atoms with E-state index in [1.165, 1.54) is 35.3 Å². The fourth-order valence-corrected chi connectivity index (χ4v) is 4.55. The number of benzene rings is 1. The molecular formula is C22H25N3OS. The Kier molecular flexibility index (Phi) is 5.23. The third-order valence-electron chi connectivity index (χ3n) is 5.31. The van der Waals surface area contributed by atoms with Gasteiger partial charge in [0.25, 0.3) is 0 Å². The summed E-state index contributed by atoms with van der Waals surface area (Å²) in [6.45, 7) is 6.10. The molecule has 1 saturated heterocycles. The van der Waals surface area contributed by atoms with E-state index in [-0.39, 0.29) is 11.9 Å². The summed E-state index contributed by atoms with van der Waals surface area (Å²) in [5, 5.41) is 7.34. The second-order valence-electron chi connectivity index (χ2n) is 7.38. The molecule has 27 heavy (non-hydrogen) atoms. The first-order valence-corrected chi connectivity index (χ1v) is 10.5. The predicted molar refractivity (Wildman–Crippen MR) is 113 cm³/mol. The molecule has 4 nitrogen and oxygen atoms in total. The van der Waals surface area contributed by atoms with Crippen molar-refractivity contribution in [2.24, 2.45) is 0 Å². The van der Waals surface area contributed by atoms with Crippen LogP contribution in [0.25, 0.3) is 21.2 Å². The average molecular weight is 380 g/mol. The summed E-state index contributed by atoms with van der Waals surface area (Å²) < 4.78 is 0. The first kappa shape index (κ1) is 18.1. The number of rotatable bonds is 4. The van der Waals surface area contributed by atoms with E-state index < -0.39 is 0 Å². The molecule has 1 atom stereocenters. The molecule has 1 aliphatic rings. The smallest absolute Gasteiger partial charge is 0.242 e. The van der Waals surface area contributed by atoms with E-state index in [4.69, 9.17) is 0 Å². The number of fused-ring (bicyclic) bond motifs is 1. The Labute approximate surface area is 164 Å². The topological polar surface area (TPSA) is 45.2 Å². The summed E-state index contributed by atoms with van der Waals surface area (Å²) in [7, 11) is 0. The minimum Gasteiger partial charge on any atom is -0.309 e. The Morgan fingerprint density at radius 3 is 2.70 bits per heavy atom. The van der Waals surface area contributed by atoms with Gasteiger partial charge in [-0.3, -0.25) is 9.69 Å². The van der Waals surface area contributed by atoms with Crippen LogP contribution in [-0.4, -0.2) is 34.9 Å². The van der Waals surface area contributed by atoms with Crippen LogP contribution in [0.4, 0.5) is 5.82 Å². The number of carbonyl (C=O) groups excluding carboxylic acids is 1. The molecule has 1 unspecified atom stereocenters. The van der Waals surface area contributed by atoms with Gasteiger partial charge >= 0.3 is 0 Å². The lowest BCUT2D eigenvalue weighted by Gasteiger charge is -2.31. The molecule has 0 bridgehead atoms. The zero-order valence-electron chi connectivity index (χ0n) is 15.9. The highest BCUT2D eigenvalue weighted by Crippen LogP contribution is 2.30. The molecule has 1 amide bonds. The van der Waals surface area contributed by atoms with Gasteiger partial charge < -0.3 is 5.32 Å². The Hall–Kier alpha value is -2.24. The maximum Gasteiger partial charge on any atom is 0.242 e. The monoisotopic (exact) mass is 379 g/mol. The van der Waals surface area contributed by atoms with Crippen molar-refractivity contribution >= 4 is 33.8 Å². The number of hydrogen-bond acceptors (Lipinski definition) is 4. The van der Waals surface area contributed by atoms with Gasteiger partial charge in [0, 0.05) is 16.5 Å². The third kappa shape index (κ3) is 4.04. The van der Waals surface area contributed by atoms with E-state index in [0.717, 1.165) is 23.9 Å². The molecule has 1 fully saturated rings. The van der Waals surface area contributed by atoms with Crippen molar-refractivity contribution in [1.82, 2.24) is 9.88 Å². The molecule has 3 heterocycles. The van der Waals surface area contributed by atoms with E-state index in [2.05, 4.69) is 51.8 Å². The number of pyridine rings is 1.